The number of thiophene rings is 2. The molecule has 4 aromatic rings. The lowest BCUT2D eigenvalue weighted by atomic mass is 9.91. The van der Waals surface area contributed by atoms with Crippen molar-refractivity contribution in [2.24, 2.45) is 0 Å². The summed E-state index contributed by atoms with van der Waals surface area (Å²) in [5.41, 5.74) is 14.3. The van der Waals surface area contributed by atoms with Crippen molar-refractivity contribution in [1.29, 1.82) is 0 Å². The van der Waals surface area contributed by atoms with Crippen LogP contribution < -0.4 is 0 Å². The first-order valence-corrected chi connectivity index (χ1v) is 11.2. The van der Waals surface area contributed by atoms with E-state index in [0.29, 0.717) is 0 Å². The zero-order valence-electron chi connectivity index (χ0n) is 16.1. The zero-order valence-corrected chi connectivity index (χ0v) is 17.8. The lowest BCUT2D eigenvalue weighted by Gasteiger charge is -2.15. The van der Waals surface area contributed by atoms with Gasteiger partial charge in [-0.05, 0) is 89.4 Å². The molecule has 0 radical (unpaired) electrons. The largest absolute Gasteiger partial charge is 0.143 e. The maximum atomic E-state index is 2.36. The normalized spacial score (nSPS) is 12.3. The summed E-state index contributed by atoms with van der Waals surface area (Å²) in [5.74, 6) is 0. The molecule has 0 spiro atoms. The summed E-state index contributed by atoms with van der Waals surface area (Å²) in [4.78, 5) is 2.87. The standard InChI is InChI=1S/C25H22S2/c1-14-12-26-24(16(14)3)21-10-9-20-19-8-6-5-7-18(19)11-22(20)23(21)25-17(4)15(2)13-27-25/h5-10,12-13H,11H2,1-4H3. The molecule has 2 heterocycles. The topological polar surface area (TPSA) is 0 Å². The Balaban J connectivity index is 1.85. The van der Waals surface area contributed by atoms with Gasteiger partial charge in [0.1, 0.15) is 0 Å². The van der Waals surface area contributed by atoms with Gasteiger partial charge in [-0.1, -0.05) is 36.4 Å². The van der Waals surface area contributed by atoms with Crippen molar-refractivity contribution in [2.45, 2.75) is 34.1 Å². The Morgan fingerprint density at radius 2 is 1.30 bits per heavy atom. The molecule has 1 aliphatic rings. The summed E-state index contributed by atoms with van der Waals surface area (Å²) in [5, 5.41) is 4.60. The molecule has 0 amide bonds. The Morgan fingerprint density at radius 1 is 0.667 bits per heavy atom. The smallest absolute Gasteiger partial charge is 0.0384 e. The van der Waals surface area contributed by atoms with E-state index in [2.05, 4.69) is 74.9 Å². The molecule has 134 valence electrons. The van der Waals surface area contributed by atoms with Crippen LogP contribution in [0.5, 0.6) is 0 Å². The van der Waals surface area contributed by atoms with Crippen LogP contribution >= 0.6 is 22.7 Å². The highest BCUT2D eigenvalue weighted by Crippen LogP contribution is 2.49. The predicted octanol–water partition coefficient (Wildman–Crippen LogP) is 7.95. The van der Waals surface area contributed by atoms with Crippen LogP contribution in [0.3, 0.4) is 0 Å². The Kier molecular flexibility index (Phi) is 3.89. The summed E-state index contributed by atoms with van der Waals surface area (Å²) in [6, 6.07) is 13.6. The second-order valence-electron chi connectivity index (χ2n) is 7.59. The number of fused-ring (bicyclic) bond motifs is 3. The maximum Gasteiger partial charge on any atom is 0.0384 e. The van der Waals surface area contributed by atoms with Gasteiger partial charge >= 0.3 is 0 Å². The predicted molar refractivity (Wildman–Crippen MR) is 120 cm³/mol. The molecule has 0 nitrogen and oxygen atoms in total. The Hall–Kier alpha value is -2.16. The van der Waals surface area contributed by atoms with Crippen LogP contribution in [0.4, 0.5) is 0 Å². The average Bonchev–Trinajstić information content (AvgIpc) is 3.32. The maximum absolute atomic E-state index is 2.36. The van der Waals surface area contributed by atoms with E-state index in [4.69, 9.17) is 0 Å². The van der Waals surface area contributed by atoms with Gasteiger partial charge in [-0.25, -0.2) is 0 Å². The van der Waals surface area contributed by atoms with Crippen molar-refractivity contribution >= 4 is 22.7 Å². The zero-order chi connectivity index (χ0) is 18.7. The van der Waals surface area contributed by atoms with Crippen LogP contribution in [0.1, 0.15) is 33.4 Å². The van der Waals surface area contributed by atoms with Gasteiger partial charge in [0.25, 0.3) is 0 Å². The van der Waals surface area contributed by atoms with Gasteiger partial charge in [0.2, 0.25) is 0 Å². The van der Waals surface area contributed by atoms with Gasteiger partial charge in [-0.2, -0.15) is 0 Å². The van der Waals surface area contributed by atoms with Crippen LogP contribution in [0, 0.1) is 27.7 Å². The molecule has 0 aliphatic heterocycles. The summed E-state index contributed by atoms with van der Waals surface area (Å²) >= 11 is 3.78. The van der Waals surface area contributed by atoms with Gasteiger partial charge in [0, 0.05) is 20.9 Å². The van der Waals surface area contributed by atoms with Gasteiger partial charge in [0.15, 0.2) is 0 Å². The summed E-state index contributed by atoms with van der Waals surface area (Å²) in [6.07, 6.45) is 1.04. The van der Waals surface area contributed by atoms with E-state index in [1.807, 2.05) is 22.7 Å². The minimum absolute atomic E-state index is 1.04. The van der Waals surface area contributed by atoms with Crippen LogP contribution in [0.25, 0.3) is 32.0 Å². The van der Waals surface area contributed by atoms with E-state index in [9.17, 15) is 0 Å². The van der Waals surface area contributed by atoms with Crippen molar-refractivity contribution in [2.75, 3.05) is 0 Å². The first-order valence-electron chi connectivity index (χ1n) is 9.40. The number of hydrogen-bond acceptors (Lipinski definition) is 2. The van der Waals surface area contributed by atoms with Crippen LogP contribution in [0.15, 0.2) is 47.2 Å². The molecule has 0 unspecified atom stereocenters. The fourth-order valence-electron chi connectivity index (χ4n) is 4.18. The number of hydrogen-bond donors (Lipinski definition) is 0. The Labute approximate surface area is 169 Å². The monoisotopic (exact) mass is 386 g/mol. The van der Waals surface area contributed by atoms with Gasteiger partial charge in [0.05, 0.1) is 0 Å². The van der Waals surface area contributed by atoms with Crippen molar-refractivity contribution < 1.29 is 0 Å². The molecule has 27 heavy (non-hydrogen) atoms. The molecule has 0 fully saturated rings. The minimum Gasteiger partial charge on any atom is -0.143 e. The van der Waals surface area contributed by atoms with Gasteiger partial charge < -0.3 is 0 Å². The van der Waals surface area contributed by atoms with E-state index < -0.39 is 0 Å². The molecular formula is C25H22S2. The SMILES string of the molecule is Cc1csc(-c2ccc3c(c2-c2scc(C)c2C)Cc2ccccc2-3)c1C. The molecule has 5 rings (SSSR count). The molecule has 1 aliphatic carbocycles. The first kappa shape index (κ1) is 17.0. The molecule has 0 saturated carbocycles. The van der Waals surface area contributed by atoms with Crippen molar-refractivity contribution in [3.8, 4) is 32.0 Å². The van der Waals surface area contributed by atoms with Gasteiger partial charge in [-0.3, -0.25) is 0 Å². The molecule has 0 saturated heterocycles. The van der Waals surface area contributed by atoms with E-state index in [0.717, 1.165) is 6.42 Å². The highest BCUT2D eigenvalue weighted by molar-refractivity contribution is 7.15. The van der Waals surface area contributed by atoms with Crippen LogP contribution in [-0.4, -0.2) is 0 Å². The Bertz CT molecular complexity index is 1190. The average molecular weight is 387 g/mol. The lowest BCUT2D eigenvalue weighted by molar-refractivity contribution is 1.26. The molecule has 0 N–H and O–H groups in total. The van der Waals surface area contributed by atoms with E-state index in [-0.39, 0.29) is 0 Å². The third kappa shape index (κ3) is 2.47. The number of aryl methyl sites for hydroxylation is 2. The van der Waals surface area contributed by atoms with Gasteiger partial charge in [-0.15, -0.1) is 22.7 Å². The van der Waals surface area contributed by atoms with E-state index >= 15 is 0 Å². The van der Waals surface area contributed by atoms with Crippen molar-refractivity contribution in [3.05, 3.63) is 80.5 Å². The van der Waals surface area contributed by atoms with Crippen molar-refractivity contribution in [3.63, 3.8) is 0 Å². The highest BCUT2D eigenvalue weighted by Gasteiger charge is 2.26. The van der Waals surface area contributed by atoms with Crippen LogP contribution in [0.2, 0.25) is 0 Å². The second-order valence-corrected chi connectivity index (χ2v) is 9.35. The highest BCUT2D eigenvalue weighted by atomic mass is 32.1. The fourth-order valence-corrected chi connectivity index (χ4v) is 6.44. The van der Waals surface area contributed by atoms with Crippen molar-refractivity contribution in [1.82, 2.24) is 0 Å². The molecule has 2 aromatic heterocycles. The third-order valence-corrected chi connectivity index (χ3v) is 8.48. The summed E-state index contributed by atoms with van der Waals surface area (Å²) < 4.78 is 0. The fraction of sp³-hybridized carbons (Fsp3) is 0.200. The second kappa shape index (κ2) is 6.19. The summed E-state index contributed by atoms with van der Waals surface area (Å²) in [7, 11) is 0. The number of rotatable bonds is 2. The van der Waals surface area contributed by atoms with E-state index in [1.54, 1.807) is 0 Å². The summed E-state index contributed by atoms with van der Waals surface area (Å²) in [6.45, 7) is 8.99. The molecule has 0 atom stereocenters. The molecule has 2 heteroatoms. The molecule has 2 aromatic carbocycles. The molecular weight excluding hydrogens is 364 g/mol. The minimum atomic E-state index is 1.04. The molecule has 0 bridgehead atoms. The Morgan fingerprint density at radius 3 is 1.96 bits per heavy atom. The first-order chi connectivity index (χ1) is 13.1. The van der Waals surface area contributed by atoms with E-state index in [1.165, 1.54) is 65.4 Å². The van der Waals surface area contributed by atoms with Crippen LogP contribution in [-0.2, 0) is 6.42 Å². The lowest BCUT2D eigenvalue weighted by Crippen LogP contribution is -1.93. The number of benzene rings is 2. The quantitative estimate of drug-likeness (QED) is 0.289. The third-order valence-electron chi connectivity index (χ3n) is 6.03.